The van der Waals surface area contributed by atoms with Crippen LogP contribution in [0.3, 0.4) is 0 Å². The first-order valence-corrected chi connectivity index (χ1v) is 3.87. The molecule has 0 aromatic carbocycles. The minimum atomic E-state index is 0.434. The van der Waals surface area contributed by atoms with E-state index >= 15 is 0 Å². The first-order chi connectivity index (χ1) is 4.02. The summed E-state index contributed by atoms with van der Waals surface area (Å²) in [6.07, 6.45) is 2.47. The van der Waals surface area contributed by atoms with Crippen molar-refractivity contribution >= 4 is 0 Å². The molecule has 0 aliphatic heterocycles. The average molecular weight is 127 g/mol. The Bertz CT molecular complexity index is 62.6. The predicted molar refractivity (Wildman–Crippen MR) is 43.3 cm³/mol. The number of hydrogen-bond donors (Lipinski definition) is 0. The van der Waals surface area contributed by atoms with Crippen LogP contribution in [0.25, 0.3) is 0 Å². The highest BCUT2D eigenvalue weighted by Crippen LogP contribution is 2.32. The fourth-order valence-corrected chi connectivity index (χ4v) is 1.31. The van der Waals surface area contributed by atoms with Gasteiger partial charge in [0.2, 0.25) is 0 Å². The molecule has 0 bridgehead atoms. The Morgan fingerprint density at radius 3 is 1.33 bits per heavy atom. The standard InChI is InChI=1S/C9H19/c1-6-8(7-2)9(3,4)5/h6-7H2,1-5H3. The van der Waals surface area contributed by atoms with Crippen LogP contribution in [-0.2, 0) is 0 Å². The Balaban J connectivity index is 3.79. The molecule has 0 saturated carbocycles. The predicted octanol–water partition coefficient (Wildman–Crippen LogP) is 3.43. The van der Waals surface area contributed by atoms with Crippen LogP contribution >= 0.6 is 0 Å². The molecule has 0 aliphatic carbocycles. The van der Waals surface area contributed by atoms with Gasteiger partial charge in [0, 0.05) is 0 Å². The lowest BCUT2D eigenvalue weighted by molar-refractivity contribution is 0.396. The van der Waals surface area contributed by atoms with E-state index in [9.17, 15) is 0 Å². The van der Waals surface area contributed by atoms with Crippen molar-refractivity contribution in [2.75, 3.05) is 0 Å². The van der Waals surface area contributed by atoms with Gasteiger partial charge in [-0.25, -0.2) is 0 Å². The summed E-state index contributed by atoms with van der Waals surface area (Å²) < 4.78 is 0. The zero-order valence-electron chi connectivity index (χ0n) is 7.41. The molecule has 0 fully saturated rings. The third-order valence-electron chi connectivity index (χ3n) is 1.91. The molecule has 0 amide bonds. The van der Waals surface area contributed by atoms with Crippen molar-refractivity contribution in [2.24, 2.45) is 5.41 Å². The van der Waals surface area contributed by atoms with E-state index in [1.807, 2.05) is 0 Å². The van der Waals surface area contributed by atoms with Crippen LogP contribution in [0.1, 0.15) is 47.5 Å². The van der Waals surface area contributed by atoms with E-state index in [0.717, 1.165) is 0 Å². The van der Waals surface area contributed by atoms with Gasteiger partial charge in [0.25, 0.3) is 0 Å². The van der Waals surface area contributed by atoms with E-state index in [2.05, 4.69) is 34.6 Å². The summed E-state index contributed by atoms with van der Waals surface area (Å²) in [5.41, 5.74) is 0.434. The highest BCUT2D eigenvalue weighted by Gasteiger charge is 2.20. The van der Waals surface area contributed by atoms with Crippen molar-refractivity contribution in [2.45, 2.75) is 47.5 Å². The second kappa shape index (κ2) is 3.24. The molecule has 0 aromatic heterocycles. The molecule has 0 spiro atoms. The maximum atomic E-state index is 2.29. The van der Waals surface area contributed by atoms with Gasteiger partial charge in [0.1, 0.15) is 0 Å². The van der Waals surface area contributed by atoms with Gasteiger partial charge in [0.15, 0.2) is 0 Å². The molecule has 0 unspecified atom stereocenters. The molecular formula is C9H19. The largest absolute Gasteiger partial charge is 0.0648 e. The van der Waals surface area contributed by atoms with Crippen LogP contribution in [0.4, 0.5) is 0 Å². The van der Waals surface area contributed by atoms with Crippen LogP contribution in [0.15, 0.2) is 0 Å². The van der Waals surface area contributed by atoms with Crippen molar-refractivity contribution < 1.29 is 0 Å². The van der Waals surface area contributed by atoms with Crippen LogP contribution in [0.2, 0.25) is 0 Å². The summed E-state index contributed by atoms with van der Waals surface area (Å²) in [5.74, 6) is 1.67. The quantitative estimate of drug-likeness (QED) is 0.533. The van der Waals surface area contributed by atoms with Crippen molar-refractivity contribution in [1.29, 1.82) is 0 Å². The third-order valence-corrected chi connectivity index (χ3v) is 1.91. The molecule has 0 aromatic rings. The maximum Gasteiger partial charge on any atom is -0.0193 e. The van der Waals surface area contributed by atoms with E-state index in [-0.39, 0.29) is 0 Å². The number of rotatable bonds is 2. The summed E-state index contributed by atoms with van der Waals surface area (Å²) in [4.78, 5) is 0. The maximum absolute atomic E-state index is 2.29. The second-order valence-electron chi connectivity index (χ2n) is 3.56. The van der Waals surface area contributed by atoms with E-state index in [4.69, 9.17) is 0 Å². The monoisotopic (exact) mass is 127 g/mol. The Hall–Kier alpha value is 0. The van der Waals surface area contributed by atoms with Crippen LogP contribution in [0.5, 0.6) is 0 Å². The Morgan fingerprint density at radius 2 is 1.33 bits per heavy atom. The summed E-state index contributed by atoms with van der Waals surface area (Å²) in [5, 5.41) is 0. The summed E-state index contributed by atoms with van der Waals surface area (Å²) in [6, 6.07) is 0. The Labute approximate surface area is 59.7 Å². The van der Waals surface area contributed by atoms with Gasteiger partial charge < -0.3 is 0 Å². The summed E-state index contributed by atoms with van der Waals surface area (Å²) >= 11 is 0. The van der Waals surface area contributed by atoms with Crippen LogP contribution in [-0.4, -0.2) is 0 Å². The minimum Gasteiger partial charge on any atom is -0.0648 e. The van der Waals surface area contributed by atoms with E-state index in [1.165, 1.54) is 12.8 Å². The summed E-state index contributed by atoms with van der Waals surface area (Å²) in [7, 11) is 0. The van der Waals surface area contributed by atoms with Crippen molar-refractivity contribution in [3.8, 4) is 0 Å². The molecule has 1 radical (unpaired) electrons. The van der Waals surface area contributed by atoms with Gasteiger partial charge in [-0.2, -0.15) is 0 Å². The van der Waals surface area contributed by atoms with Gasteiger partial charge in [-0.05, 0) is 24.2 Å². The van der Waals surface area contributed by atoms with Crippen LogP contribution < -0.4 is 0 Å². The lowest BCUT2D eigenvalue weighted by Gasteiger charge is -2.27. The smallest absolute Gasteiger partial charge is 0.0193 e. The lowest BCUT2D eigenvalue weighted by Crippen LogP contribution is -2.16. The molecule has 0 rings (SSSR count). The highest BCUT2D eigenvalue weighted by atomic mass is 14.3. The molecule has 0 N–H and O–H groups in total. The molecule has 0 atom stereocenters. The molecular weight excluding hydrogens is 108 g/mol. The fraction of sp³-hybridized carbons (Fsp3) is 0.889. The van der Waals surface area contributed by atoms with Crippen molar-refractivity contribution in [1.82, 2.24) is 0 Å². The Morgan fingerprint density at radius 1 is 1.00 bits per heavy atom. The molecule has 0 heteroatoms. The molecule has 0 nitrogen and oxygen atoms in total. The first-order valence-electron chi connectivity index (χ1n) is 3.87. The molecule has 0 heterocycles. The lowest BCUT2D eigenvalue weighted by atomic mass is 9.78. The van der Waals surface area contributed by atoms with Crippen molar-refractivity contribution in [3.63, 3.8) is 0 Å². The topological polar surface area (TPSA) is 0 Å². The van der Waals surface area contributed by atoms with Gasteiger partial charge in [-0.1, -0.05) is 34.6 Å². The fourth-order valence-electron chi connectivity index (χ4n) is 1.31. The second-order valence-corrected chi connectivity index (χ2v) is 3.56. The van der Waals surface area contributed by atoms with Gasteiger partial charge >= 0.3 is 0 Å². The van der Waals surface area contributed by atoms with Gasteiger partial charge in [0.05, 0.1) is 0 Å². The highest BCUT2D eigenvalue weighted by molar-refractivity contribution is 4.97. The SMILES string of the molecule is CC[C](CC)C(C)(C)C. The minimum absolute atomic E-state index is 0.434. The zero-order valence-corrected chi connectivity index (χ0v) is 7.41. The average Bonchev–Trinajstić information content (AvgIpc) is 1.65. The molecule has 0 aliphatic rings. The first kappa shape index (κ1) is 9.00. The molecule has 9 heavy (non-hydrogen) atoms. The van der Waals surface area contributed by atoms with E-state index in [0.29, 0.717) is 5.41 Å². The zero-order chi connectivity index (χ0) is 7.49. The van der Waals surface area contributed by atoms with E-state index < -0.39 is 0 Å². The normalized spacial score (nSPS) is 12.7. The van der Waals surface area contributed by atoms with E-state index in [1.54, 1.807) is 5.92 Å². The Kier molecular flexibility index (Phi) is 3.24. The van der Waals surface area contributed by atoms with Gasteiger partial charge in [-0.3, -0.25) is 0 Å². The van der Waals surface area contributed by atoms with Crippen molar-refractivity contribution in [3.05, 3.63) is 5.92 Å². The summed E-state index contributed by atoms with van der Waals surface area (Å²) in [6.45, 7) is 11.3. The molecule has 0 saturated heterocycles. The third kappa shape index (κ3) is 2.88. The molecule has 55 valence electrons. The van der Waals surface area contributed by atoms with Gasteiger partial charge in [-0.15, -0.1) is 0 Å². The number of hydrogen-bond acceptors (Lipinski definition) is 0. The van der Waals surface area contributed by atoms with Crippen LogP contribution in [0, 0.1) is 11.3 Å².